The molecular weight excluding hydrogens is 246 g/mol. The number of H-pyrrole nitrogens is 1. The molecule has 4 N–H and O–H groups in total. The number of nitrogens with one attached hydrogen (secondary N) is 2. The molecule has 0 bridgehead atoms. The highest BCUT2D eigenvalue weighted by Crippen LogP contribution is 2.16. The summed E-state index contributed by atoms with van der Waals surface area (Å²) in [6.45, 7) is 1.64. The fourth-order valence-corrected chi connectivity index (χ4v) is 1.76. The van der Waals surface area contributed by atoms with Crippen molar-refractivity contribution in [3.8, 4) is 5.75 Å². The van der Waals surface area contributed by atoms with E-state index in [9.17, 15) is 9.90 Å². The minimum Gasteiger partial charge on any atom is -0.508 e. The first kappa shape index (κ1) is 13.1. The van der Waals surface area contributed by atoms with Gasteiger partial charge >= 0.3 is 0 Å². The number of aliphatic hydroxyl groups is 1. The van der Waals surface area contributed by atoms with Crippen LogP contribution in [0.15, 0.2) is 29.1 Å². The predicted octanol–water partition coefficient (Wildman–Crippen LogP) is 1.06. The molecule has 0 aliphatic carbocycles. The van der Waals surface area contributed by atoms with E-state index < -0.39 is 0 Å². The molecular formula is C13H15N3O3. The number of aryl methyl sites for hydroxylation is 1. The molecule has 0 radical (unpaired) electrons. The summed E-state index contributed by atoms with van der Waals surface area (Å²) in [5, 5.41) is 21.0. The van der Waals surface area contributed by atoms with E-state index in [1.54, 1.807) is 19.1 Å². The number of nitrogens with zero attached hydrogens (tertiary/aromatic N) is 1. The second kappa shape index (κ2) is 5.53. The van der Waals surface area contributed by atoms with E-state index in [0.717, 1.165) is 0 Å². The third-order valence-electron chi connectivity index (χ3n) is 2.71. The average molecular weight is 261 g/mol. The third kappa shape index (κ3) is 3.11. The summed E-state index contributed by atoms with van der Waals surface area (Å²) in [6, 6.07) is 6.42. The zero-order valence-electron chi connectivity index (χ0n) is 10.5. The van der Waals surface area contributed by atoms with E-state index in [1.807, 2.05) is 0 Å². The van der Waals surface area contributed by atoms with Crippen molar-refractivity contribution >= 4 is 11.6 Å². The quantitative estimate of drug-likeness (QED) is 0.617. The van der Waals surface area contributed by atoms with Gasteiger partial charge in [-0.2, -0.15) is 0 Å². The lowest BCUT2D eigenvalue weighted by Gasteiger charge is -2.08. The molecule has 6 nitrogen and oxygen atoms in total. The highest BCUT2D eigenvalue weighted by Gasteiger charge is 2.07. The molecule has 0 saturated carbocycles. The fourth-order valence-electron chi connectivity index (χ4n) is 1.76. The Hall–Kier alpha value is -2.34. The molecule has 0 amide bonds. The van der Waals surface area contributed by atoms with Gasteiger partial charge in [0, 0.05) is 24.3 Å². The largest absolute Gasteiger partial charge is 0.508 e. The zero-order chi connectivity index (χ0) is 13.8. The van der Waals surface area contributed by atoms with Crippen LogP contribution in [0, 0.1) is 6.92 Å². The van der Waals surface area contributed by atoms with Crippen molar-refractivity contribution < 1.29 is 10.2 Å². The summed E-state index contributed by atoms with van der Waals surface area (Å²) in [7, 11) is 0. The first-order chi connectivity index (χ1) is 9.10. The smallest absolute Gasteiger partial charge is 0.255 e. The summed E-state index contributed by atoms with van der Waals surface area (Å²) in [5.41, 5.74) is 1.51. The van der Waals surface area contributed by atoms with Gasteiger partial charge in [-0.05, 0) is 31.2 Å². The van der Waals surface area contributed by atoms with Gasteiger partial charge in [-0.15, -0.1) is 0 Å². The second-order valence-corrected chi connectivity index (χ2v) is 4.12. The van der Waals surface area contributed by atoms with Crippen molar-refractivity contribution in [2.24, 2.45) is 0 Å². The molecule has 0 fully saturated rings. The number of aromatic nitrogens is 2. The van der Waals surface area contributed by atoms with Crippen molar-refractivity contribution in [2.45, 2.75) is 13.3 Å². The van der Waals surface area contributed by atoms with Gasteiger partial charge in [0.2, 0.25) is 5.95 Å². The van der Waals surface area contributed by atoms with Crippen molar-refractivity contribution in [2.75, 3.05) is 11.9 Å². The summed E-state index contributed by atoms with van der Waals surface area (Å²) < 4.78 is 0. The van der Waals surface area contributed by atoms with Crippen LogP contribution in [-0.2, 0) is 6.42 Å². The topological polar surface area (TPSA) is 98.2 Å². The van der Waals surface area contributed by atoms with Gasteiger partial charge in [0.1, 0.15) is 5.75 Å². The molecule has 0 spiro atoms. The number of phenols is 1. The molecule has 1 aromatic heterocycles. The number of aromatic amines is 1. The first-order valence-corrected chi connectivity index (χ1v) is 5.87. The fraction of sp³-hybridized carbons (Fsp3) is 0.231. The molecule has 2 rings (SSSR count). The molecule has 0 atom stereocenters. The van der Waals surface area contributed by atoms with Gasteiger partial charge in [0.05, 0.1) is 5.69 Å². The molecule has 19 heavy (non-hydrogen) atoms. The molecule has 1 heterocycles. The minimum atomic E-state index is -0.261. The molecule has 0 aliphatic rings. The van der Waals surface area contributed by atoms with E-state index in [1.165, 1.54) is 12.1 Å². The van der Waals surface area contributed by atoms with Crippen LogP contribution in [0.1, 0.15) is 11.3 Å². The highest BCUT2D eigenvalue weighted by atomic mass is 16.3. The van der Waals surface area contributed by atoms with Gasteiger partial charge < -0.3 is 15.5 Å². The molecule has 2 aromatic rings. The standard InChI is InChI=1S/C13H15N3O3/c1-8-11(6-7-17)12(19)16-13(14-8)15-9-2-4-10(18)5-3-9/h2-5,17-18H,6-7H2,1H3,(H2,14,15,16,19). The van der Waals surface area contributed by atoms with Crippen LogP contribution in [0.5, 0.6) is 5.75 Å². The first-order valence-electron chi connectivity index (χ1n) is 5.87. The predicted molar refractivity (Wildman–Crippen MR) is 71.8 cm³/mol. The summed E-state index contributed by atoms with van der Waals surface area (Å²) in [4.78, 5) is 18.7. The number of rotatable bonds is 4. The summed E-state index contributed by atoms with van der Waals surface area (Å²) in [5.74, 6) is 0.497. The monoisotopic (exact) mass is 261 g/mol. The average Bonchev–Trinajstić information content (AvgIpc) is 2.37. The van der Waals surface area contributed by atoms with Crippen LogP contribution in [0.3, 0.4) is 0 Å². The molecule has 0 unspecified atom stereocenters. The highest BCUT2D eigenvalue weighted by molar-refractivity contribution is 5.54. The Bertz CT molecular complexity index is 620. The van der Waals surface area contributed by atoms with E-state index >= 15 is 0 Å². The van der Waals surface area contributed by atoms with Gasteiger partial charge in [0.25, 0.3) is 5.56 Å². The lowest BCUT2D eigenvalue weighted by Crippen LogP contribution is -2.19. The summed E-state index contributed by atoms with van der Waals surface area (Å²) >= 11 is 0. The van der Waals surface area contributed by atoms with Crippen LogP contribution in [-0.4, -0.2) is 26.8 Å². The van der Waals surface area contributed by atoms with Crippen LogP contribution in [0.25, 0.3) is 0 Å². The van der Waals surface area contributed by atoms with Crippen LogP contribution < -0.4 is 10.9 Å². The van der Waals surface area contributed by atoms with E-state index in [-0.39, 0.29) is 24.3 Å². The molecule has 100 valence electrons. The number of anilines is 2. The molecule has 0 aliphatic heterocycles. The minimum absolute atomic E-state index is 0.0870. The maximum absolute atomic E-state index is 11.8. The van der Waals surface area contributed by atoms with Gasteiger partial charge in [-0.25, -0.2) is 4.98 Å². The maximum Gasteiger partial charge on any atom is 0.255 e. The van der Waals surface area contributed by atoms with Crippen LogP contribution in [0.2, 0.25) is 0 Å². The lowest BCUT2D eigenvalue weighted by molar-refractivity contribution is 0.298. The number of phenolic OH excluding ortho intramolecular Hbond substituents is 1. The van der Waals surface area contributed by atoms with Gasteiger partial charge in [-0.1, -0.05) is 0 Å². The van der Waals surface area contributed by atoms with Crippen molar-refractivity contribution in [3.05, 3.63) is 45.9 Å². The van der Waals surface area contributed by atoms with E-state index in [0.29, 0.717) is 22.9 Å². The molecule has 1 aromatic carbocycles. The number of aliphatic hydroxyl groups excluding tert-OH is 1. The van der Waals surface area contributed by atoms with E-state index in [2.05, 4.69) is 15.3 Å². The summed E-state index contributed by atoms with van der Waals surface area (Å²) in [6.07, 6.45) is 0.285. The number of hydrogen-bond donors (Lipinski definition) is 4. The Morgan fingerprint density at radius 1 is 1.32 bits per heavy atom. The number of benzene rings is 1. The molecule has 6 heteroatoms. The second-order valence-electron chi connectivity index (χ2n) is 4.12. The Morgan fingerprint density at radius 2 is 2.00 bits per heavy atom. The van der Waals surface area contributed by atoms with Crippen LogP contribution >= 0.6 is 0 Å². The normalized spacial score (nSPS) is 10.4. The Morgan fingerprint density at radius 3 is 2.58 bits per heavy atom. The van der Waals surface area contributed by atoms with Crippen molar-refractivity contribution in [3.63, 3.8) is 0 Å². The van der Waals surface area contributed by atoms with Crippen LogP contribution in [0.4, 0.5) is 11.6 Å². The lowest BCUT2D eigenvalue weighted by atomic mass is 10.2. The Labute approximate surface area is 109 Å². The third-order valence-corrected chi connectivity index (χ3v) is 2.71. The Balaban J connectivity index is 2.27. The number of hydrogen-bond acceptors (Lipinski definition) is 5. The number of aromatic hydroxyl groups is 1. The van der Waals surface area contributed by atoms with Gasteiger partial charge in [-0.3, -0.25) is 9.78 Å². The molecule has 0 saturated heterocycles. The Kier molecular flexibility index (Phi) is 3.82. The van der Waals surface area contributed by atoms with Crippen molar-refractivity contribution in [1.82, 2.24) is 9.97 Å². The van der Waals surface area contributed by atoms with Gasteiger partial charge in [0.15, 0.2) is 0 Å². The van der Waals surface area contributed by atoms with Crippen molar-refractivity contribution in [1.29, 1.82) is 0 Å². The zero-order valence-corrected chi connectivity index (χ0v) is 10.5. The maximum atomic E-state index is 11.8. The van der Waals surface area contributed by atoms with E-state index in [4.69, 9.17) is 5.11 Å². The SMILES string of the molecule is Cc1nc(Nc2ccc(O)cc2)[nH]c(=O)c1CCO.